The van der Waals surface area contributed by atoms with Crippen LogP contribution in [0.15, 0.2) is 48.5 Å². The van der Waals surface area contributed by atoms with Gasteiger partial charge in [-0.05, 0) is 48.5 Å². The normalized spacial score (nSPS) is 9.92. The summed E-state index contributed by atoms with van der Waals surface area (Å²) in [6.07, 6.45) is 0.0652. The average Bonchev–Trinajstić information content (AvgIpc) is 2.61. The first-order valence-electron chi connectivity index (χ1n) is 7.20. The molecular weight excluding hydrogens is 315 g/mol. The third kappa shape index (κ3) is 5.28. The van der Waals surface area contributed by atoms with Gasteiger partial charge in [0.2, 0.25) is 5.91 Å². The van der Waals surface area contributed by atoms with E-state index in [1.54, 1.807) is 31.4 Å². The largest absolute Gasteiger partial charge is 0.497 e. The van der Waals surface area contributed by atoms with Gasteiger partial charge in [-0.1, -0.05) is 0 Å². The first-order chi connectivity index (χ1) is 11.6. The van der Waals surface area contributed by atoms with Crippen molar-refractivity contribution in [2.75, 3.05) is 13.7 Å². The van der Waals surface area contributed by atoms with E-state index in [-0.39, 0.29) is 18.6 Å². The van der Waals surface area contributed by atoms with Crippen LogP contribution >= 0.6 is 0 Å². The van der Waals surface area contributed by atoms with Gasteiger partial charge in [0.05, 0.1) is 20.1 Å². The predicted octanol–water partition coefficient (Wildman–Crippen LogP) is 2.06. The van der Waals surface area contributed by atoms with Gasteiger partial charge in [0.1, 0.15) is 17.3 Å². The highest BCUT2D eigenvalue weighted by molar-refractivity contribution is 5.95. The van der Waals surface area contributed by atoms with Crippen molar-refractivity contribution >= 4 is 11.8 Å². The van der Waals surface area contributed by atoms with E-state index < -0.39 is 17.6 Å². The Bertz CT molecular complexity index is 687. The number of amides is 2. The number of carbonyl (C=O) groups is 2. The number of methoxy groups -OCH3 is 1. The number of hydrogen-bond acceptors (Lipinski definition) is 4. The van der Waals surface area contributed by atoms with Crippen LogP contribution in [0.1, 0.15) is 16.8 Å². The number of nitrogens with one attached hydrogen (secondary N) is 2. The zero-order chi connectivity index (χ0) is 17.4. The number of hydrogen-bond donors (Lipinski definition) is 2. The molecule has 0 unspecified atom stereocenters. The Kier molecular flexibility index (Phi) is 6.13. The minimum Gasteiger partial charge on any atom is -0.497 e. The lowest BCUT2D eigenvalue weighted by atomic mass is 10.2. The minimum absolute atomic E-state index is 0.0652. The van der Waals surface area contributed by atoms with Gasteiger partial charge in [-0.15, -0.1) is 0 Å². The fraction of sp³-hybridized carbons (Fsp3) is 0.176. The predicted molar refractivity (Wildman–Crippen MR) is 85.1 cm³/mol. The zero-order valence-electron chi connectivity index (χ0n) is 13.0. The number of halogens is 1. The van der Waals surface area contributed by atoms with E-state index >= 15 is 0 Å². The number of ether oxygens (including phenoxy) is 2. The summed E-state index contributed by atoms with van der Waals surface area (Å²) in [6.45, 7) is 0.157. The number of benzene rings is 2. The van der Waals surface area contributed by atoms with E-state index in [4.69, 9.17) is 9.47 Å². The van der Waals surface area contributed by atoms with E-state index in [1.165, 1.54) is 24.3 Å². The molecule has 0 fully saturated rings. The second-order valence-corrected chi connectivity index (χ2v) is 4.78. The molecule has 2 N–H and O–H groups in total. The summed E-state index contributed by atoms with van der Waals surface area (Å²) in [5.74, 6) is -0.0489. The van der Waals surface area contributed by atoms with Crippen LogP contribution in [0.25, 0.3) is 0 Å². The van der Waals surface area contributed by atoms with Crippen LogP contribution in [0.5, 0.6) is 11.5 Å². The Morgan fingerprint density at radius 2 is 1.58 bits per heavy atom. The first kappa shape index (κ1) is 17.3. The maximum atomic E-state index is 12.8. The molecule has 0 aromatic heterocycles. The molecule has 0 aliphatic heterocycles. The summed E-state index contributed by atoms with van der Waals surface area (Å²) in [6, 6.07) is 11.9. The van der Waals surface area contributed by atoms with E-state index in [0.29, 0.717) is 11.5 Å². The molecule has 2 aromatic rings. The van der Waals surface area contributed by atoms with Crippen LogP contribution in [0.3, 0.4) is 0 Å². The van der Waals surface area contributed by atoms with Gasteiger partial charge in [-0.25, -0.2) is 4.39 Å². The second-order valence-electron chi connectivity index (χ2n) is 4.78. The summed E-state index contributed by atoms with van der Waals surface area (Å²) in [7, 11) is 1.57. The highest BCUT2D eigenvalue weighted by atomic mass is 19.1. The summed E-state index contributed by atoms with van der Waals surface area (Å²) in [5.41, 5.74) is 4.76. The summed E-state index contributed by atoms with van der Waals surface area (Å²) >= 11 is 0. The lowest BCUT2D eigenvalue weighted by Crippen LogP contribution is -2.42. The van der Waals surface area contributed by atoms with Crippen LogP contribution < -0.4 is 20.3 Å². The topological polar surface area (TPSA) is 76.7 Å². The van der Waals surface area contributed by atoms with Gasteiger partial charge in [-0.3, -0.25) is 20.4 Å². The first-order valence-corrected chi connectivity index (χ1v) is 7.20. The molecule has 0 heterocycles. The second kappa shape index (κ2) is 8.52. The maximum absolute atomic E-state index is 12.8. The van der Waals surface area contributed by atoms with Crippen LogP contribution in [0, 0.1) is 5.82 Å². The Morgan fingerprint density at radius 3 is 2.21 bits per heavy atom. The smallest absolute Gasteiger partial charge is 0.269 e. The minimum atomic E-state index is -0.528. The van der Waals surface area contributed by atoms with Crippen LogP contribution in [0.4, 0.5) is 4.39 Å². The molecule has 0 bridgehead atoms. The van der Waals surface area contributed by atoms with Gasteiger partial charge in [0.15, 0.2) is 0 Å². The van der Waals surface area contributed by atoms with Gasteiger partial charge in [-0.2, -0.15) is 0 Å². The molecule has 0 spiro atoms. The van der Waals surface area contributed by atoms with Crippen molar-refractivity contribution in [2.24, 2.45) is 0 Å². The average molecular weight is 332 g/mol. The molecule has 2 aromatic carbocycles. The highest BCUT2D eigenvalue weighted by Crippen LogP contribution is 2.16. The molecule has 0 saturated heterocycles. The molecule has 126 valence electrons. The molecular formula is C17H17FN2O4. The van der Waals surface area contributed by atoms with Crippen molar-refractivity contribution in [3.05, 3.63) is 59.9 Å². The Morgan fingerprint density at radius 1 is 0.958 bits per heavy atom. The molecule has 7 heteroatoms. The molecule has 2 rings (SSSR count). The van der Waals surface area contributed by atoms with E-state index in [0.717, 1.165) is 0 Å². The van der Waals surface area contributed by atoms with Gasteiger partial charge in [0, 0.05) is 5.56 Å². The van der Waals surface area contributed by atoms with Crippen molar-refractivity contribution in [3.63, 3.8) is 0 Å². The van der Waals surface area contributed by atoms with E-state index in [1.807, 2.05) is 0 Å². The quantitative estimate of drug-likeness (QED) is 0.794. The monoisotopic (exact) mass is 332 g/mol. The van der Waals surface area contributed by atoms with Crippen LogP contribution in [-0.2, 0) is 4.79 Å². The molecule has 0 aliphatic rings. The Labute approximate surface area is 138 Å². The third-order valence-corrected chi connectivity index (χ3v) is 3.08. The number of hydrazine groups is 1. The lowest BCUT2D eigenvalue weighted by molar-refractivity contribution is -0.122. The van der Waals surface area contributed by atoms with Crippen LogP contribution in [0.2, 0.25) is 0 Å². The standard InChI is InChI=1S/C17H17FN2O4/c1-23-14-6-8-15(9-7-14)24-11-10-16(21)19-20-17(22)12-2-4-13(18)5-3-12/h2-9H,10-11H2,1H3,(H,19,21)(H,20,22). The molecule has 0 radical (unpaired) electrons. The molecule has 24 heavy (non-hydrogen) atoms. The van der Waals surface area contributed by atoms with Gasteiger partial charge >= 0.3 is 0 Å². The third-order valence-electron chi connectivity index (χ3n) is 3.08. The SMILES string of the molecule is COc1ccc(OCCC(=O)NNC(=O)c2ccc(F)cc2)cc1. The summed E-state index contributed by atoms with van der Waals surface area (Å²) < 4.78 is 23.2. The van der Waals surface area contributed by atoms with E-state index in [9.17, 15) is 14.0 Å². The lowest BCUT2D eigenvalue weighted by Gasteiger charge is -2.09. The fourth-order valence-corrected chi connectivity index (χ4v) is 1.80. The number of carbonyl (C=O) groups excluding carboxylic acids is 2. The van der Waals surface area contributed by atoms with Crippen molar-refractivity contribution in [1.82, 2.24) is 10.9 Å². The van der Waals surface area contributed by atoms with Crippen molar-refractivity contribution in [3.8, 4) is 11.5 Å². The van der Waals surface area contributed by atoms with Crippen molar-refractivity contribution in [2.45, 2.75) is 6.42 Å². The van der Waals surface area contributed by atoms with Gasteiger partial charge in [0.25, 0.3) is 5.91 Å². The summed E-state index contributed by atoms with van der Waals surface area (Å²) in [4.78, 5) is 23.4. The Balaban J connectivity index is 1.69. The molecule has 6 nitrogen and oxygen atoms in total. The molecule has 0 aliphatic carbocycles. The van der Waals surface area contributed by atoms with Crippen molar-refractivity contribution in [1.29, 1.82) is 0 Å². The van der Waals surface area contributed by atoms with E-state index in [2.05, 4.69) is 10.9 Å². The molecule has 0 atom stereocenters. The molecule has 0 saturated carbocycles. The number of rotatable bonds is 6. The van der Waals surface area contributed by atoms with Crippen molar-refractivity contribution < 1.29 is 23.5 Å². The Hall–Kier alpha value is -3.09. The fourth-order valence-electron chi connectivity index (χ4n) is 1.80. The van der Waals surface area contributed by atoms with Gasteiger partial charge < -0.3 is 9.47 Å². The maximum Gasteiger partial charge on any atom is 0.269 e. The summed E-state index contributed by atoms with van der Waals surface area (Å²) in [5, 5.41) is 0. The highest BCUT2D eigenvalue weighted by Gasteiger charge is 2.07. The molecule has 2 amide bonds. The van der Waals surface area contributed by atoms with Crippen LogP contribution in [-0.4, -0.2) is 25.5 Å². The zero-order valence-corrected chi connectivity index (χ0v) is 13.0.